The van der Waals surface area contributed by atoms with Crippen LogP contribution in [0.5, 0.6) is 0 Å². The van der Waals surface area contributed by atoms with Crippen molar-refractivity contribution in [2.24, 2.45) is 0 Å². The Morgan fingerprint density at radius 2 is 1.09 bits per heavy atom. The van der Waals surface area contributed by atoms with Crippen LogP contribution in [-0.2, 0) is 6.51 Å². The van der Waals surface area contributed by atoms with Gasteiger partial charge in [-0.3, -0.25) is 0 Å². The van der Waals surface area contributed by atoms with E-state index in [2.05, 4.69) is 27.7 Å². The van der Waals surface area contributed by atoms with Crippen molar-refractivity contribution >= 4 is 0 Å². The Kier molecular flexibility index (Phi) is 0.560. The molecule has 0 aliphatic carbocycles. The summed E-state index contributed by atoms with van der Waals surface area (Å²) >= 11 is 0. The first kappa shape index (κ1) is 11.3. The first-order valence-corrected chi connectivity index (χ1v) is 17.2. The van der Waals surface area contributed by atoms with Crippen LogP contribution in [0.4, 0.5) is 0 Å². The Labute approximate surface area is 131 Å². The summed E-state index contributed by atoms with van der Waals surface area (Å²) in [6.45, 7) is 6.88. The predicted molar refractivity (Wildman–Crippen MR) is 92.9 cm³/mol. The Morgan fingerprint density at radius 3 is 1.48 bits per heavy atom. The molecule has 10 aliphatic rings. The summed E-state index contributed by atoms with van der Waals surface area (Å²) in [5.74, 6) is 0. The SMILES string of the molecule is CCC[C]12[CH]3[CH]4[CH]5[CH]1[Fe]45321678[CH]2[CH]1[C]6(CCC)[C]7(CCC)[C]28CCC. The van der Waals surface area contributed by atoms with Gasteiger partial charge in [0.1, 0.15) is 0 Å². The summed E-state index contributed by atoms with van der Waals surface area (Å²) in [5.41, 5.74) is 0. The maximum absolute atomic E-state index is 3.31. The third-order valence-electron chi connectivity index (χ3n) is 18.9. The Hall–Kier alpha value is 0.519. The van der Waals surface area contributed by atoms with Crippen LogP contribution in [0.3, 0.4) is 0 Å². The van der Waals surface area contributed by atoms with Gasteiger partial charge in [0.2, 0.25) is 0 Å². The summed E-state index contributed by atoms with van der Waals surface area (Å²) in [7, 11) is 0. The first-order valence-electron chi connectivity index (χ1n) is 11.2. The molecule has 0 aromatic carbocycles. The van der Waals surface area contributed by atoms with E-state index in [1.807, 2.05) is 0 Å². The van der Waals surface area contributed by atoms with Gasteiger partial charge in [-0.1, -0.05) is 0 Å². The van der Waals surface area contributed by atoms with Crippen LogP contribution in [-0.4, -0.2) is 0 Å². The molecular weight excluding hydrogens is 320 g/mol. The van der Waals surface area contributed by atoms with Crippen molar-refractivity contribution in [3.05, 3.63) is 0 Å². The molecule has 130 valence electrons. The van der Waals surface area contributed by atoms with E-state index >= 15 is 0 Å². The molecule has 0 bridgehead atoms. The van der Waals surface area contributed by atoms with Gasteiger partial charge in [0.05, 0.1) is 0 Å². The van der Waals surface area contributed by atoms with E-state index in [-0.39, 0.29) is 0 Å². The molecule has 8 unspecified atom stereocenters. The summed E-state index contributed by atoms with van der Waals surface area (Å²) in [6, 6.07) is 0. The zero-order valence-corrected chi connectivity index (χ0v) is 16.6. The average Bonchev–Trinajstić information content (AvgIpc) is 3.49. The molecule has 0 nitrogen and oxygen atoms in total. The number of rotatable bonds is 8. The molecule has 0 aromatic heterocycles. The minimum absolute atomic E-state index is 1.10. The van der Waals surface area contributed by atoms with E-state index in [9.17, 15) is 0 Å². The van der Waals surface area contributed by atoms with Crippen LogP contribution in [0, 0.1) is 0 Å². The van der Waals surface area contributed by atoms with Crippen LogP contribution >= 0.6 is 0 Å². The van der Waals surface area contributed by atoms with Crippen LogP contribution in [0.15, 0.2) is 0 Å². The fourth-order valence-corrected chi connectivity index (χ4v) is 108. The fourth-order valence-electron chi connectivity index (χ4n) is 23.5. The second kappa shape index (κ2) is 1.14. The molecule has 23 heavy (non-hydrogen) atoms. The predicted octanol–water partition coefficient (Wildman–Crippen LogP) is 8.06. The van der Waals surface area contributed by atoms with Crippen molar-refractivity contribution in [1.29, 1.82) is 0 Å². The third kappa shape index (κ3) is 0.130. The normalized spacial score (nSPS) is 101. The van der Waals surface area contributed by atoms with E-state index in [0.29, 0.717) is 0 Å². The van der Waals surface area contributed by atoms with Crippen molar-refractivity contribution in [1.82, 2.24) is 0 Å². The van der Waals surface area contributed by atoms with Gasteiger partial charge >= 0.3 is 132 Å². The van der Waals surface area contributed by atoms with E-state index in [1.54, 1.807) is 25.7 Å². The Morgan fingerprint density at radius 1 is 0.609 bits per heavy atom. The van der Waals surface area contributed by atoms with Gasteiger partial charge in [0.25, 0.3) is 0 Å². The van der Waals surface area contributed by atoms with Gasteiger partial charge < -0.3 is 0 Å². The Bertz CT molecular complexity index is 1120. The molecule has 0 amide bonds. The maximum atomic E-state index is 2.55. The van der Waals surface area contributed by atoms with E-state index in [4.69, 9.17) is 0 Å². The zero-order valence-electron chi connectivity index (χ0n) is 15.5. The summed E-state index contributed by atoms with van der Waals surface area (Å²) in [5, 5.41) is 0. The molecule has 10 heterocycles. The second-order valence-electron chi connectivity index (χ2n) is 13.5. The molecule has 10 fully saturated rings. The van der Waals surface area contributed by atoms with Gasteiger partial charge in [-0.25, -0.2) is 0 Å². The molecule has 10 rings (SSSR count). The molecule has 8 atom stereocenters. The molecule has 1 spiro atoms. The topological polar surface area (TPSA) is 0 Å². The summed E-state index contributed by atoms with van der Waals surface area (Å²) < 4.78 is 4.47. The standard InChI is InChI=1S/C14H23.C8H11.Fe/c1-4-7-12-10-11-13(8-5-2)14(12)9-6-3;1-2-5-8-6-3-4-7-8;/h10-11H,4-9H2,1-3H3;3-4,6-7H,2,5H2,1H3;. The molecule has 0 saturated carbocycles. The van der Waals surface area contributed by atoms with Crippen molar-refractivity contribution in [3.63, 3.8) is 0 Å². The molecule has 1 heteroatoms. The molecule has 0 aromatic rings. The number of hydrogen-bond acceptors (Lipinski definition) is 0. The minimum atomic E-state index is -3.31. The molecular formula is C22H34Fe. The molecule has 10 saturated heterocycles. The van der Waals surface area contributed by atoms with Crippen LogP contribution < -0.4 is 0 Å². The fraction of sp³-hybridized carbons (Fsp3) is 1.00. The van der Waals surface area contributed by atoms with Crippen LogP contribution in [0.25, 0.3) is 0 Å². The van der Waals surface area contributed by atoms with E-state index in [0.717, 1.165) is 17.3 Å². The average molecular weight is 354 g/mol. The second-order valence-corrected chi connectivity index (χ2v) is 36.5. The summed E-state index contributed by atoms with van der Waals surface area (Å²) in [4.78, 5) is 8.88. The first-order chi connectivity index (χ1) is 11.0. The molecule has 10 aliphatic heterocycles. The van der Waals surface area contributed by atoms with Gasteiger partial charge in [0, 0.05) is 0 Å². The monoisotopic (exact) mass is 354 g/mol. The number of hydrogen-bond donors (Lipinski definition) is 0. The van der Waals surface area contributed by atoms with Gasteiger partial charge in [-0.05, 0) is 0 Å². The Balaban J connectivity index is 1.48. The molecule has 0 N–H and O–H groups in total. The van der Waals surface area contributed by atoms with Gasteiger partial charge in [-0.2, -0.15) is 0 Å². The van der Waals surface area contributed by atoms with Crippen molar-refractivity contribution in [2.45, 2.75) is 125 Å². The third-order valence-corrected chi connectivity index (χ3v) is 65.1. The summed E-state index contributed by atoms with van der Waals surface area (Å²) in [6.07, 6.45) is 13.1. The van der Waals surface area contributed by atoms with E-state index < -0.39 is 6.51 Å². The van der Waals surface area contributed by atoms with E-state index in [1.165, 1.54) is 54.6 Å². The van der Waals surface area contributed by atoms with Gasteiger partial charge in [-0.15, -0.1) is 0 Å². The number of fused-ring (bicyclic) bond motifs is 10. The van der Waals surface area contributed by atoms with Crippen LogP contribution in [0.2, 0.25) is 46.2 Å². The zero-order chi connectivity index (χ0) is 15.4. The van der Waals surface area contributed by atoms with Crippen molar-refractivity contribution < 1.29 is 6.51 Å². The van der Waals surface area contributed by atoms with Crippen molar-refractivity contribution in [3.8, 4) is 0 Å². The van der Waals surface area contributed by atoms with Crippen molar-refractivity contribution in [2.75, 3.05) is 0 Å². The molecule has 0 radical (unpaired) electrons. The van der Waals surface area contributed by atoms with Crippen LogP contribution in [0.1, 0.15) is 79.1 Å². The van der Waals surface area contributed by atoms with Gasteiger partial charge in [0.15, 0.2) is 0 Å². The quantitative estimate of drug-likeness (QED) is 0.387.